The van der Waals surface area contributed by atoms with Crippen LogP contribution in [0.4, 0.5) is 5.69 Å². The number of para-hydroxylation sites is 1. The molecule has 0 saturated heterocycles. The molecule has 1 atom stereocenters. The molecule has 6 heteroatoms. The predicted molar refractivity (Wildman–Crippen MR) is 93.5 cm³/mol. The minimum Gasteiger partial charge on any atom is -0.466 e. The summed E-state index contributed by atoms with van der Waals surface area (Å²) in [4.78, 5) is 38.6. The van der Waals surface area contributed by atoms with Crippen molar-refractivity contribution in [2.75, 3.05) is 19.5 Å². The highest BCUT2D eigenvalue weighted by Gasteiger charge is 2.59. The normalized spacial score (nSPS) is 19.8. The molecule has 1 spiro atoms. The monoisotopic (exact) mass is 349 g/mol. The summed E-state index contributed by atoms with van der Waals surface area (Å²) in [5, 5.41) is 3.17. The molecule has 1 heterocycles. The van der Waals surface area contributed by atoms with Crippen molar-refractivity contribution in [2.45, 2.75) is 5.54 Å². The maximum atomic E-state index is 13.4. The van der Waals surface area contributed by atoms with Gasteiger partial charge in [0.15, 0.2) is 11.3 Å². The Morgan fingerprint density at radius 2 is 1.50 bits per heavy atom. The molecule has 0 radical (unpaired) electrons. The second-order valence-corrected chi connectivity index (χ2v) is 6.03. The molecule has 2 aliphatic rings. The Balaban J connectivity index is 2.08. The number of hydrogen-bond acceptors (Lipinski definition) is 6. The van der Waals surface area contributed by atoms with Gasteiger partial charge < -0.3 is 14.8 Å². The van der Waals surface area contributed by atoms with Gasteiger partial charge in [0.1, 0.15) is 0 Å². The van der Waals surface area contributed by atoms with Gasteiger partial charge in [0, 0.05) is 11.3 Å². The van der Waals surface area contributed by atoms with E-state index >= 15 is 0 Å². The average Bonchev–Trinajstić information content (AvgIpc) is 3.14. The molecule has 1 N–H and O–H groups in total. The number of fused-ring (bicyclic) bond motifs is 3. The summed E-state index contributed by atoms with van der Waals surface area (Å²) < 4.78 is 9.81. The smallest absolute Gasteiger partial charge is 0.339 e. The molecule has 0 amide bonds. The molecule has 0 unspecified atom stereocenters. The second kappa shape index (κ2) is 5.56. The number of ether oxygens (including phenoxy) is 2. The maximum Gasteiger partial charge on any atom is 0.339 e. The molecule has 0 aromatic heterocycles. The van der Waals surface area contributed by atoms with Crippen LogP contribution in [0.25, 0.3) is 5.57 Å². The lowest BCUT2D eigenvalue weighted by Crippen LogP contribution is -2.42. The number of carbonyl (C=O) groups excluding carboxylic acids is 3. The van der Waals surface area contributed by atoms with Crippen LogP contribution in [-0.2, 0) is 24.6 Å². The Bertz CT molecular complexity index is 1010. The molecule has 6 nitrogen and oxygen atoms in total. The van der Waals surface area contributed by atoms with E-state index < -0.39 is 17.5 Å². The lowest BCUT2D eigenvalue weighted by Gasteiger charge is -2.27. The van der Waals surface area contributed by atoms with Crippen LogP contribution in [0.3, 0.4) is 0 Å². The van der Waals surface area contributed by atoms with E-state index in [0.29, 0.717) is 22.4 Å². The van der Waals surface area contributed by atoms with Gasteiger partial charge in [-0.1, -0.05) is 36.4 Å². The number of carbonyl (C=O) groups is 3. The summed E-state index contributed by atoms with van der Waals surface area (Å²) in [6.45, 7) is 0. The van der Waals surface area contributed by atoms with Crippen LogP contribution in [0.15, 0.2) is 54.1 Å². The summed E-state index contributed by atoms with van der Waals surface area (Å²) >= 11 is 0. The van der Waals surface area contributed by atoms with Crippen LogP contribution in [0.1, 0.15) is 21.5 Å². The Morgan fingerprint density at radius 3 is 2.15 bits per heavy atom. The van der Waals surface area contributed by atoms with Gasteiger partial charge in [-0.05, 0) is 23.3 Å². The summed E-state index contributed by atoms with van der Waals surface area (Å²) in [5.41, 5.74) is 0.555. The topological polar surface area (TPSA) is 81.7 Å². The third kappa shape index (κ3) is 1.84. The zero-order chi connectivity index (χ0) is 18.5. The molecule has 0 fully saturated rings. The molecule has 2 aromatic carbocycles. The van der Waals surface area contributed by atoms with Gasteiger partial charge in [0.25, 0.3) is 0 Å². The fraction of sp³-hybridized carbons (Fsp3) is 0.150. The van der Waals surface area contributed by atoms with Crippen LogP contribution in [0.2, 0.25) is 0 Å². The molecule has 1 aliphatic heterocycles. The summed E-state index contributed by atoms with van der Waals surface area (Å²) in [6.07, 6.45) is 0. The SMILES string of the molecule is COC(=O)C1=C(C(=O)OC)[C@]2(Nc3ccccc3C2=O)c2ccccc21. The number of nitrogens with one attached hydrogen (secondary N) is 1. The first-order valence-corrected chi connectivity index (χ1v) is 7.99. The zero-order valence-corrected chi connectivity index (χ0v) is 14.2. The van der Waals surface area contributed by atoms with E-state index in [0.717, 1.165) is 0 Å². The van der Waals surface area contributed by atoms with Crippen molar-refractivity contribution in [1.29, 1.82) is 0 Å². The third-order valence-corrected chi connectivity index (χ3v) is 4.84. The second-order valence-electron chi connectivity index (χ2n) is 6.03. The molecule has 0 saturated carbocycles. The van der Waals surface area contributed by atoms with E-state index in [1.54, 1.807) is 48.5 Å². The van der Waals surface area contributed by atoms with Gasteiger partial charge >= 0.3 is 11.9 Å². The van der Waals surface area contributed by atoms with Crippen molar-refractivity contribution in [1.82, 2.24) is 0 Å². The Kier molecular flexibility index (Phi) is 3.44. The Hall–Kier alpha value is -3.41. The van der Waals surface area contributed by atoms with Crippen molar-refractivity contribution in [3.05, 3.63) is 70.8 Å². The van der Waals surface area contributed by atoms with E-state index in [2.05, 4.69) is 5.32 Å². The van der Waals surface area contributed by atoms with Crippen molar-refractivity contribution in [2.24, 2.45) is 0 Å². The van der Waals surface area contributed by atoms with Gasteiger partial charge in [-0.3, -0.25) is 4.79 Å². The van der Waals surface area contributed by atoms with E-state index in [9.17, 15) is 14.4 Å². The highest BCUT2D eigenvalue weighted by atomic mass is 16.5. The van der Waals surface area contributed by atoms with E-state index in [-0.39, 0.29) is 16.9 Å². The molecular weight excluding hydrogens is 334 g/mol. The number of rotatable bonds is 2. The average molecular weight is 349 g/mol. The van der Waals surface area contributed by atoms with Crippen LogP contribution in [-0.4, -0.2) is 31.9 Å². The number of hydrogen-bond donors (Lipinski definition) is 1. The van der Waals surface area contributed by atoms with Gasteiger partial charge in [0.05, 0.1) is 25.4 Å². The highest BCUT2D eigenvalue weighted by molar-refractivity contribution is 6.32. The minimum absolute atomic E-state index is 0.0450. The van der Waals surface area contributed by atoms with Crippen LogP contribution < -0.4 is 5.32 Å². The number of benzene rings is 2. The lowest BCUT2D eigenvalue weighted by atomic mass is 9.82. The molecule has 0 bridgehead atoms. The molecule has 4 rings (SSSR count). The predicted octanol–water partition coefficient (Wildman–Crippen LogP) is 2.30. The zero-order valence-electron chi connectivity index (χ0n) is 14.2. The molecular formula is C20H15NO5. The third-order valence-electron chi connectivity index (χ3n) is 4.84. The summed E-state index contributed by atoms with van der Waals surface area (Å²) in [7, 11) is 2.45. The van der Waals surface area contributed by atoms with E-state index in [1.165, 1.54) is 14.2 Å². The molecule has 130 valence electrons. The van der Waals surface area contributed by atoms with Crippen molar-refractivity contribution >= 4 is 29.0 Å². The van der Waals surface area contributed by atoms with Gasteiger partial charge in [-0.25, -0.2) is 9.59 Å². The number of anilines is 1. The van der Waals surface area contributed by atoms with Gasteiger partial charge in [0.2, 0.25) is 0 Å². The first-order chi connectivity index (χ1) is 12.6. The van der Waals surface area contributed by atoms with Crippen molar-refractivity contribution in [3.8, 4) is 0 Å². The quantitative estimate of drug-likeness (QED) is 0.838. The van der Waals surface area contributed by atoms with E-state index in [1.807, 2.05) is 0 Å². The Labute approximate surface area is 149 Å². The number of ketones is 1. The minimum atomic E-state index is -1.50. The van der Waals surface area contributed by atoms with Crippen LogP contribution in [0, 0.1) is 0 Å². The number of Topliss-reactive ketones (excluding diaryl/α,β-unsaturated/α-hetero) is 1. The first-order valence-electron chi connectivity index (χ1n) is 7.99. The summed E-state index contributed by atoms with van der Waals surface area (Å²) in [5.74, 6) is -1.75. The fourth-order valence-electron chi connectivity index (χ4n) is 3.77. The van der Waals surface area contributed by atoms with Crippen molar-refractivity contribution in [3.63, 3.8) is 0 Å². The molecule has 2 aromatic rings. The van der Waals surface area contributed by atoms with Gasteiger partial charge in [-0.2, -0.15) is 0 Å². The fourth-order valence-corrected chi connectivity index (χ4v) is 3.77. The van der Waals surface area contributed by atoms with E-state index in [4.69, 9.17) is 9.47 Å². The van der Waals surface area contributed by atoms with Crippen molar-refractivity contribution < 1.29 is 23.9 Å². The van der Waals surface area contributed by atoms with Crippen LogP contribution >= 0.6 is 0 Å². The molecule has 26 heavy (non-hydrogen) atoms. The maximum absolute atomic E-state index is 13.4. The highest BCUT2D eigenvalue weighted by Crippen LogP contribution is 2.52. The Morgan fingerprint density at radius 1 is 0.885 bits per heavy atom. The molecule has 1 aliphatic carbocycles. The van der Waals surface area contributed by atoms with Gasteiger partial charge in [-0.15, -0.1) is 0 Å². The lowest BCUT2D eigenvalue weighted by molar-refractivity contribution is -0.138. The largest absolute Gasteiger partial charge is 0.466 e. The standard InChI is InChI=1S/C20H15NO5/c1-25-18(23)15-11-7-3-5-9-13(11)20(16(15)19(24)26-2)17(22)12-8-4-6-10-14(12)21-20/h3-10,21H,1-2H3/t20-/m1/s1. The number of esters is 2. The first kappa shape index (κ1) is 16.1. The number of methoxy groups -OCH3 is 2. The van der Waals surface area contributed by atoms with Crippen LogP contribution in [0.5, 0.6) is 0 Å². The summed E-state index contributed by atoms with van der Waals surface area (Å²) in [6, 6.07) is 13.9.